The van der Waals surface area contributed by atoms with Crippen LogP contribution in [-0.2, 0) is 4.79 Å². The first kappa shape index (κ1) is 23.2. The predicted octanol–water partition coefficient (Wildman–Crippen LogP) is 4.39. The Balaban J connectivity index is 1.51. The van der Waals surface area contributed by atoms with Crippen molar-refractivity contribution in [1.29, 1.82) is 0 Å². The number of non-ortho nitro benzene ring substituents is 1. The number of anilines is 1. The fourth-order valence-corrected chi connectivity index (χ4v) is 4.68. The van der Waals surface area contributed by atoms with Gasteiger partial charge in [0, 0.05) is 41.6 Å². The van der Waals surface area contributed by atoms with E-state index < -0.39 is 4.92 Å². The van der Waals surface area contributed by atoms with Crippen LogP contribution in [0.5, 0.6) is 0 Å². The maximum atomic E-state index is 13.0. The number of nitrogens with zero attached hydrogens (tertiary/aromatic N) is 4. The van der Waals surface area contributed by atoms with Crippen LogP contribution in [0, 0.1) is 10.1 Å². The molecule has 180 valence electrons. The molecule has 1 saturated heterocycles. The smallest absolute Gasteiger partial charge is 0.269 e. The molecule has 1 aliphatic heterocycles. The molecule has 0 radical (unpaired) electrons. The lowest BCUT2D eigenvalue weighted by atomic mass is 10.0. The van der Waals surface area contributed by atoms with Crippen molar-refractivity contribution in [1.82, 2.24) is 19.8 Å². The van der Waals surface area contributed by atoms with Crippen LogP contribution in [0.15, 0.2) is 97.3 Å². The van der Waals surface area contributed by atoms with Crippen molar-refractivity contribution in [3.8, 4) is 5.69 Å². The average molecular weight is 499 g/mol. The van der Waals surface area contributed by atoms with E-state index in [0.717, 1.165) is 17.1 Å². The zero-order valence-corrected chi connectivity index (χ0v) is 19.8. The Bertz CT molecular complexity index is 1390. The molecule has 1 fully saturated rings. The van der Waals surface area contributed by atoms with Gasteiger partial charge in [-0.15, -0.1) is 0 Å². The van der Waals surface area contributed by atoms with Gasteiger partial charge >= 0.3 is 0 Å². The minimum absolute atomic E-state index is 0.0155. The van der Waals surface area contributed by atoms with E-state index in [1.54, 1.807) is 18.3 Å². The maximum Gasteiger partial charge on any atom is 0.269 e. The number of carbonyl (C=O) groups is 1. The van der Waals surface area contributed by atoms with E-state index in [1.807, 2.05) is 76.3 Å². The van der Waals surface area contributed by atoms with Crippen LogP contribution in [0.4, 0.5) is 11.4 Å². The third-order valence-corrected chi connectivity index (χ3v) is 6.34. The van der Waals surface area contributed by atoms with E-state index in [0.29, 0.717) is 10.8 Å². The van der Waals surface area contributed by atoms with Crippen molar-refractivity contribution in [2.45, 2.75) is 12.1 Å². The SMILES string of the molecule is O=C(CN1C(=S)N[C@H](c2ccccn2)[C@@H]1c1cccn1-c1ccc([N+](=O)[O-])cc1)Nc1ccccc1. The second kappa shape index (κ2) is 9.96. The fraction of sp³-hybridized carbons (Fsp3) is 0.115. The molecule has 2 atom stereocenters. The lowest BCUT2D eigenvalue weighted by Crippen LogP contribution is -2.37. The van der Waals surface area contributed by atoms with Crippen molar-refractivity contribution in [3.63, 3.8) is 0 Å². The number of thiocarbonyl (C=S) groups is 1. The third-order valence-electron chi connectivity index (χ3n) is 5.99. The number of nitro groups is 1. The van der Waals surface area contributed by atoms with E-state index in [2.05, 4.69) is 15.6 Å². The third kappa shape index (κ3) is 4.66. The number of benzene rings is 2. The van der Waals surface area contributed by atoms with Crippen molar-refractivity contribution in [2.24, 2.45) is 0 Å². The summed E-state index contributed by atoms with van der Waals surface area (Å²) < 4.78 is 1.95. The summed E-state index contributed by atoms with van der Waals surface area (Å²) >= 11 is 5.68. The molecule has 0 saturated carbocycles. The van der Waals surface area contributed by atoms with Crippen LogP contribution in [0.3, 0.4) is 0 Å². The number of para-hydroxylation sites is 1. The van der Waals surface area contributed by atoms with Crippen LogP contribution in [0.2, 0.25) is 0 Å². The Morgan fingerprint density at radius 2 is 1.78 bits per heavy atom. The highest BCUT2D eigenvalue weighted by atomic mass is 32.1. The zero-order valence-electron chi connectivity index (χ0n) is 19.0. The van der Waals surface area contributed by atoms with E-state index in [4.69, 9.17) is 12.2 Å². The fourth-order valence-electron chi connectivity index (χ4n) is 4.38. The first-order valence-corrected chi connectivity index (χ1v) is 11.7. The molecule has 2 aromatic heterocycles. The lowest BCUT2D eigenvalue weighted by molar-refractivity contribution is -0.384. The van der Waals surface area contributed by atoms with Crippen molar-refractivity contribution < 1.29 is 9.72 Å². The molecule has 5 rings (SSSR count). The Labute approximate surface area is 212 Å². The topological polar surface area (TPSA) is 105 Å². The summed E-state index contributed by atoms with van der Waals surface area (Å²) in [5, 5.41) is 17.8. The van der Waals surface area contributed by atoms with Gasteiger partial charge in [0.05, 0.1) is 22.7 Å². The first-order valence-electron chi connectivity index (χ1n) is 11.3. The number of rotatable bonds is 7. The Hall–Kier alpha value is -4.57. The van der Waals surface area contributed by atoms with Crippen LogP contribution in [0.25, 0.3) is 5.69 Å². The summed E-state index contributed by atoms with van der Waals surface area (Å²) in [5.74, 6) is -0.203. The van der Waals surface area contributed by atoms with Crippen LogP contribution in [-0.4, -0.2) is 36.9 Å². The predicted molar refractivity (Wildman–Crippen MR) is 140 cm³/mol. The van der Waals surface area contributed by atoms with Crippen LogP contribution >= 0.6 is 12.2 Å². The molecule has 2 aromatic carbocycles. The number of pyridine rings is 1. The van der Waals surface area contributed by atoms with Crippen LogP contribution < -0.4 is 10.6 Å². The Morgan fingerprint density at radius 3 is 2.47 bits per heavy atom. The summed E-state index contributed by atoms with van der Waals surface area (Å²) in [7, 11) is 0. The van der Waals surface area contributed by atoms with Gasteiger partial charge in [0.2, 0.25) is 5.91 Å². The zero-order chi connectivity index (χ0) is 25.1. The van der Waals surface area contributed by atoms with Crippen molar-refractivity contribution in [3.05, 3.63) is 119 Å². The van der Waals surface area contributed by atoms with Crippen molar-refractivity contribution >= 4 is 34.6 Å². The van der Waals surface area contributed by atoms with Gasteiger partial charge in [0.25, 0.3) is 5.69 Å². The second-order valence-corrected chi connectivity index (χ2v) is 8.63. The monoisotopic (exact) mass is 498 g/mol. The normalized spacial score (nSPS) is 17.0. The van der Waals surface area contributed by atoms with Crippen LogP contribution in [0.1, 0.15) is 23.5 Å². The molecule has 0 bridgehead atoms. The highest BCUT2D eigenvalue weighted by molar-refractivity contribution is 7.80. The molecular formula is C26H22N6O3S. The molecule has 2 N–H and O–H groups in total. The molecular weight excluding hydrogens is 476 g/mol. The molecule has 0 spiro atoms. The standard InChI is InChI=1S/C26H22N6O3S/c33-23(28-18-7-2-1-3-8-18)17-31-25(24(29-26(31)36)21-9-4-5-15-27-21)22-10-6-16-30(22)19-11-13-20(14-12-19)32(34)35/h1-16,24-25H,17H2,(H,28,33)(H,29,36)/t24-,25+/m1/s1. The lowest BCUT2D eigenvalue weighted by Gasteiger charge is -2.28. The highest BCUT2D eigenvalue weighted by Gasteiger charge is 2.42. The molecule has 1 amide bonds. The molecule has 10 heteroatoms. The van der Waals surface area contributed by atoms with E-state index in [1.165, 1.54) is 12.1 Å². The Morgan fingerprint density at radius 1 is 1.03 bits per heavy atom. The number of nitrogens with one attached hydrogen (secondary N) is 2. The maximum absolute atomic E-state index is 13.0. The van der Waals surface area contributed by atoms with Crippen molar-refractivity contribution in [2.75, 3.05) is 11.9 Å². The number of hydrogen-bond acceptors (Lipinski definition) is 5. The van der Waals surface area contributed by atoms with E-state index in [9.17, 15) is 14.9 Å². The van der Waals surface area contributed by atoms with Gasteiger partial charge in [-0.1, -0.05) is 24.3 Å². The number of aromatic nitrogens is 2. The highest BCUT2D eigenvalue weighted by Crippen LogP contribution is 2.39. The van der Waals surface area contributed by atoms with Gasteiger partial charge in [-0.3, -0.25) is 19.9 Å². The second-order valence-electron chi connectivity index (χ2n) is 8.25. The molecule has 9 nitrogen and oxygen atoms in total. The van der Waals surface area contributed by atoms with Gasteiger partial charge in [-0.2, -0.15) is 0 Å². The van der Waals surface area contributed by atoms with E-state index in [-0.39, 0.29) is 30.2 Å². The largest absolute Gasteiger partial charge is 0.352 e. The van der Waals surface area contributed by atoms with Gasteiger partial charge in [0.15, 0.2) is 5.11 Å². The molecule has 3 heterocycles. The molecule has 4 aromatic rings. The summed E-state index contributed by atoms with van der Waals surface area (Å²) in [6.07, 6.45) is 3.60. The number of nitro benzene ring substituents is 1. The minimum atomic E-state index is -0.427. The molecule has 0 unspecified atom stereocenters. The number of carbonyl (C=O) groups excluding carboxylic acids is 1. The van der Waals surface area contributed by atoms with E-state index >= 15 is 0 Å². The number of hydrogen-bond donors (Lipinski definition) is 2. The molecule has 1 aliphatic rings. The van der Waals surface area contributed by atoms with Gasteiger partial charge in [-0.25, -0.2) is 0 Å². The summed E-state index contributed by atoms with van der Waals surface area (Å²) in [4.78, 5) is 30.1. The Kier molecular flexibility index (Phi) is 6.42. The summed E-state index contributed by atoms with van der Waals surface area (Å²) in [6.45, 7) is 0.0279. The van der Waals surface area contributed by atoms with Gasteiger partial charge < -0.3 is 20.1 Å². The molecule has 0 aliphatic carbocycles. The minimum Gasteiger partial charge on any atom is -0.352 e. The summed E-state index contributed by atoms with van der Waals surface area (Å²) in [5.41, 5.74) is 3.12. The quantitative estimate of drug-likeness (QED) is 0.221. The van der Waals surface area contributed by atoms with Gasteiger partial charge in [-0.05, 0) is 60.7 Å². The molecule has 36 heavy (non-hydrogen) atoms. The van der Waals surface area contributed by atoms with Gasteiger partial charge in [0.1, 0.15) is 6.54 Å². The first-order chi connectivity index (χ1) is 17.5. The number of amides is 1. The summed E-state index contributed by atoms with van der Waals surface area (Å²) in [6, 6.07) is 24.4. The average Bonchev–Trinajstić information content (AvgIpc) is 3.50.